The fourth-order valence-corrected chi connectivity index (χ4v) is 17.6. The molecule has 11 nitrogen and oxygen atoms in total. The molecule has 2 aromatic heterocycles. The van der Waals surface area contributed by atoms with Crippen LogP contribution in [0.5, 0.6) is 11.8 Å². The van der Waals surface area contributed by atoms with E-state index in [1.54, 1.807) is 25.1 Å². The molecule has 8 rings (SSSR count). The van der Waals surface area contributed by atoms with Gasteiger partial charge in [-0.05, 0) is 113 Å². The number of hydrogen-bond acceptors (Lipinski definition) is 10. The molecule has 16 heteroatoms. The Morgan fingerprint density at radius 2 is 1.67 bits per heavy atom. The molecule has 3 saturated heterocycles. The number of piperazine rings is 1. The van der Waals surface area contributed by atoms with Crippen LogP contribution in [0.25, 0.3) is 32.9 Å². The number of halogens is 4. The van der Waals surface area contributed by atoms with Gasteiger partial charge in [0.15, 0.2) is 12.6 Å². The molecule has 2 aromatic carbocycles. The zero-order valence-electron chi connectivity index (χ0n) is 42.4. The third kappa shape index (κ3) is 9.48. The van der Waals surface area contributed by atoms with E-state index in [0.29, 0.717) is 78.7 Å². The van der Waals surface area contributed by atoms with Crippen LogP contribution in [0, 0.1) is 34.4 Å². The van der Waals surface area contributed by atoms with Crippen molar-refractivity contribution in [3.05, 3.63) is 47.2 Å². The van der Waals surface area contributed by atoms with E-state index in [2.05, 4.69) is 57.9 Å². The highest BCUT2D eigenvalue weighted by atomic mass is 28.3. The second-order valence-electron chi connectivity index (χ2n) is 22.2. The second kappa shape index (κ2) is 19.5. The fraction of sp³-hybridized carbons (Fsp3) is 0.623. The van der Waals surface area contributed by atoms with E-state index in [1.807, 2.05) is 37.6 Å². The second-order valence-corrected chi connectivity index (χ2v) is 27.8. The summed E-state index contributed by atoms with van der Waals surface area (Å²) in [4.78, 5) is 34.9. The number of rotatable bonds is 11. The van der Waals surface area contributed by atoms with Crippen molar-refractivity contribution in [3.8, 4) is 34.5 Å². The average molecular weight is 975 g/mol. The number of amides is 1. The number of carbonyl (C=O) groups is 1. The van der Waals surface area contributed by atoms with Gasteiger partial charge in [0.25, 0.3) is 0 Å². The van der Waals surface area contributed by atoms with Gasteiger partial charge < -0.3 is 28.7 Å². The topological polar surface area (TPSA) is 102 Å². The van der Waals surface area contributed by atoms with E-state index in [-0.39, 0.29) is 82.6 Å². The number of ether oxygens (including phenoxy) is 4. The number of benzene rings is 2. The van der Waals surface area contributed by atoms with Gasteiger partial charge in [0, 0.05) is 42.5 Å². The van der Waals surface area contributed by atoms with Gasteiger partial charge in [-0.25, -0.2) is 27.3 Å². The predicted molar refractivity (Wildman–Crippen MR) is 265 cm³/mol. The Labute approximate surface area is 406 Å². The van der Waals surface area contributed by atoms with Gasteiger partial charge in [-0.1, -0.05) is 60.5 Å². The van der Waals surface area contributed by atoms with E-state index in [9.17, 15) is 13.6 Å². The smallest absolute Gasteiger partial charge is 0.410 e. The molecule has 3 fully saturated rings. The summed E-state index contributed by atoms with van der Waals surface area (Å²) in [6.07, 6.45) is 0.591. The van der Waals surface area contributed by atoms with Crippen LogP contribution in [-0.4, -0.2) is 116 Å². The maximum Gasteiger partial charge on any atom is 0.410 e. The van der Waals surface area contributed by atoms with Crippen LogP contribution in [-0.2, 0) is 15.9 Å². The number of likely N-dealkylation sites (tertiary alicyclic amines) is 1. The van der Waals surface area contributed by atoms with E-state index in [4.69, 9.17) is 33.9 Å². The normalized spacial score (nSPS) is 23.1. The molecule has 0 N–H and O–H groups in total. The van der Waals surface area contributed by atoms with Crippen molar-refractivity contribution in [2.75, 3.05) is 52.1 Å². The van der Waals surface area contributed by atoms with Crippen LogP contribution in [0.3, 0.4) is 0 Å². The summed E-state index contributed by atoms with van der Waals surface area (Å²) in [6.45, 7) is 21.6. The SMILES string of the molecule is COCOc1cc(-c2nc3c4c(nc(OC[C@]5(C)CN(C)CC[C@@H]5C(F)F)nc4c2F)N2C[C@H]4CC[C@@H]([C@H]2CCC3)N4C(=O)OC(C)(C)C)c2c(C#C[Si](C(C)C)(C(C)C)C(C)C)c(F)ccc2c1. The van der Waals surface area contributed by atoms with Gasteiger partial charge in [0.05, 0.1) is 41.4 Å². The highest BCUT2D eigenvalue weighted by Crippen LogP contribution is 2.47. The average Bonchev–Trinajstić information content (AvgIpc) is 3.60. The Balaban J connectivity index is 1.36. The Morgan fingerprint density at radius 3 is 2.33 bits per heavy atom. The van der Waals surface area contributed by atoms with Crippen molar-refractivity contribution < 1.29 is 41.3 Å². The first-order chi connectivity index (χ1) is 32.6. The number of aromatic nitrogens is 3. The lowest BCUT2D eigenvalue weighted by atomic mass is 9.73. The Morgan fingerprint density at radius 1 is 0.942 bits per heavy atom. The van der Waals surface area contributed by atoms with Crippen molar-refractivity contribution in [3.63, 3.8) is 0 Å². The molecule has 4 aliphatic heterocycles. The van der Waals surface area contributed by atoms with Crippen LogP contribution < -0.4 is 14.4 Å². The first-order valence-electron chi connectivity index (χ1n) is 24.8. The predicted octanol–water partition coefficient (Wildman–Crippen LogP) is 11.6. The Kier molecular flexibility index (Phi) is 14.3. The highest BCUT2D eigenvalue weighted by molar-refractivity contribution is 6.90. The molecule has 4 aliphatic rings. The lowest BCUT2D eigenvalue weighted by Gasteiger charge is -2.48. The quantitative estimate of drug-likeness (QED) is 0.0625. The van der Waals surface area contributed by atoms with Crippen LogP contribution in [0.4, 0.5) is 28.2 Å². The molecular formula is C53H70F4N6O5Si. The summed E-state index contributed by atoms with van der Waals surface area (Å²) in [7, 11) is 1.03. The molecule has 6 heterocycles. The van der Waals surface area contributed by atoms with E-state index >= 15 is 8.78 Å². The van der Waals surface area contributed by atoms with Crippen molar-refractivity contribution in [1.82, 2.24) is 24.8 Å². The minimum atomic E-state index is -2.57. The van der Waals surface area contributed by atoms with Gasteiger partial charge in [-0.15, -0.1) is 5.54 Å². The standard InChI is InChI=1S/C53H70F4N6O5Si/c1-30(2)69(31(3)4,32(5)6)23-21-36-39(54)18-16-33-24-35(67-29-65-12)25-37(43(33)36)46-45(55)47-44-40(58-46)14-13-15-41-42-19-17-34(63(42)51(64)68-52(7,8)9)26-62(41)49(44)60-50(59-47)66-28-53(10)27-61(11)22-20-38(53)48(56)57/h16,18,24-25,30-32,34,38,41-42,48H,13-15,17,19-20,22,26-29H2,1-12H3/t34-,38-,41-,42+,53+/m1/s1. The molecule has 0 saturated carbocycles. The van der Waals surface area contributed by atoms with E-state index in [0.717, 1.165) is 12.8 Å². The highest BCUT2D eigenvalue weighted by Gasteiger charge is 2.51. The van der Waals surface area contributed by atoms with Crippen molar-refractivity contribution >= 4 is 41.7 Å². The van der Waals surface area contributed by atoms with Gasteiger partial charge in [0.1, 0.15) is 42.3 Å². The zero-order valence-corrected chi connectivity index (χ0v) is 43.4. The van der Waals surface area contributed by atoms with Crippen LogP contribution >= 0.6 is 0 Å². The summed E-state index contributed by atoms with van der Waals surface area (Å²) in [5, 5.41) is 1.38. The number of hydrogen-bond donors (Lipinski definition) is 0. The summed E-state index contributed by atoms with van der Waals surface area (Å²) >= 11 is 0. The summed E-state index contributed by atoms with van der Waals surface area (Å²) < 4.78 is 87.9. The lowest BCUT2D eigenvalue weighted by molar-refractivity contribution is -0.0679. The number of aryl methyl sites for hydroxylation is 1. The number of fused-ring (bicyclic) bond motifs is 6. The van der Waals surface area contributed by atoms with Crippen molar-refractivity contribution in [2.45, 2.75) is 155 Å². The van der Waals surface area contributed by atoms with E-state index in [1.165, 1.54) is 13.2 Å². The molecule has 0 radical (unpaired) electrons. The van der Waals surface area contributed by atoms with Gasteiger partial charge in [0.2, 0.25) is 6.43 Å². The number of pyridine rings is 1. The maximum absolute atomic E-state index is 18.3. The largest absolute Gasteiger partial charge is 0.468 e. The lowest BCUT2D eigenvalue weighted by Crippen LogP contribution is -2.62. The zero-order chi connectivity index (χ0) is 49.9. The fourth-order valence-electron chi connectivity index (χ4n) is 12.4. The molecule has 0 spiro atoms. The van der Waals surface area contributed by atoms with Crippen LogP contribution in [0.1, 0.15) is 113 Å². The molecule has 1 amide bonds. The number of methoxy groups -OCH3 is 1. The summed E-state index contributed by atoms with van der Waals surface area (Å²) in [5.41, 5.74) is 3.71. The number of nitrogens with zero attached hydrogens (tertiary/aromatic N) is 6. The molecule has 2 bridgehead atoms. The van der Waals surface area contributed by atoms with Crippen molar-refractivity contribution in [1.29, 1.82) is 0 Å². The van der Waals surface area contributed by atoms with Gasteiger partial charge in [-0.2, -0.15) is 9.97 Å². The maximum atomic E-state index is 18.3. The molecule has 0 unspecified atom stereocenters. The minimum absolute atomic E-state index is 0.0554. The molecule has 5 atom stereocenters. The van der Waals surface area contributed by atoms with E-state index < -0.39 is 43.1 Å². The number of anilines is 1. The number of carbonyl (C=O) groups excluding carboxylic acids is 1. The third-order valence-electron chi connectivity index (χ3n) is 15.5. The summed E-state index contributed by atoms with van der Waals surface area (Å²) in [6, 6.07) is 5.69. The van der Waals surface area contributed by atoms with Crippen molar-refractivity contribution in [2.24, 2.45) is 11.3 Å². The molecule has 0 aliphatic carbocycles. The van der Waals surface area contributed by atoms with Gasteiger partial charge >= 0.3 is 12.1 Å². The molecule has 4 aromatic rings. The minimum Gasteiger partial charge on any atom is -0.468 e. The Hall–Kier alpha value is -4.72. The Bertz CT molecular complexity index is 2630. The molecule has 374 valence electrons. The first-order valence-corrected chi connectivity index (χ1v) is 27.0. The monoisotopic (exact) mass is 975 g/mol. The third-order valence-corrected chi connectivity index (χ3v) is 21.8. The number of piperidine rings is 1. The number of alkyl halides is 2. The molecule has 69 heavy (non-hydrogen) atoms. The van der Waals surface area contributed by atoms with Crippen LogP contribution in [0.2, 0.25) is 16.6 Å². The summed E-state index contributed by atoms with van der Waals surface area (Å²) in [5.74, 6) is 1.88. The van der Waals surface area contributed by atoms with Crippen LogP contribution in [0.15, 0.2) is 24.3 Å². The first kappa shape index (κ1) is 50.7. The molecular weight excluding hydrogens is 905 g/mol. The van der Waals surface area contributed by atoms with Gasteiger partial charge in [-0.3, -0.25) is 4.90 Å².